The summed E-state index contributed by atoms with van der Waals surface area (Å²) in [7, 11) is 0. The van der Waals surface area contributed by atoms with Gasteiger partial charge in [-0.15, -0.1) is 0 Å². The molecule has 2 heterocycles. The van der Waals surface area contributed by atoms with Gasteiger partial charge in [0.1, 0.15) is 5.82 Å². The largest absolute Gasteiger partial charge is 0.370 e. The first-order valence-corrected chi connectivity index (χ1v) is 10.6. The van der Waals surface area contributed by atoms with E-state index in [-0.39, 0.29) is 11.9 Å². The molecule has 2 N–H and O–H groups in total. The van der Waals surface area contributed by atoms with Crippen molar-refractivity contribution in [2.75, 3.05) is 18.0 Å². The van der Waals surface area contributed by atoms with Gasteiger partial charge in [0.15, 0.2) is 0 Å². The molecule has 0 unspecified atom stereocenters. The van der Waals surface area contributed by atoms with Gasteiger partial charge in [-0.2, -0.15) is 0 Å². The zero-order valence-electron chi connectivity index (χ0n) is 17.0. The Balaban J connectivity index is 1.80. The maximum absolute atomic E-state index is 14.2. The molecule has 30 heavy (non-hydrogen) atoms. The summed E-state index contributed by atoms with van der Waals surface area (Å²) in [6.45, 7) is 3.65. The molecule has 3 nitrogen and oxygen atoms in total. The van der Waals surface area contributed by atoms with E-state index in [1.165, 1.54) is 0 Å². The van der Waals surface area contributed by atoms with Crippen molar-refractivity contribution < 1.29 is 4.39 Å². The van der Waals surface area contributed by atoms with E-state index in [1.807, 2.05) is 55.7 Å². The fourth-order valence-electron chi connectivity index (χ4n) is 3.93. The van der Waals surface area contributed by atoms with Crippen molar-refractivity contribution in [3.63, 3.8) is 0 Å². The minimum atomic E-state index is -0.237. The average molecular weight is 422 g/mol. The molecule has 154 valence electrons. The number of benzene rings is 2. The van der Waals surface area contributed by atoms with Gasteiger partial charge in [-0.25, -0.2) is 4.39 Å². The number of hydrogen-bond acceptors (Lipinski definition) is 3. The average Bonchev–Trinajstić information content (AvgIpc) is 2.73. The highest BCUT2D eigenvalue weighted by Gasteiger charge is 2.22. The summed E-state index contributed by atoms with van der Waals surface area (Å²) in [5.41, 5.74) is 11.9. The predicted octanol–water partition coefficient (Wildman–Crippen LogP) is 5.95. The monoisotopic (exact) mass is 421 g/mol. The van der Waals surface area contributed by atoms with Crippen LogP contribution in [0.3, 0.4) is 0 Å². The van der Waals surface area contributed by atoms with Crippen molar-refractivity contribution >= 4 is 29.4 Å². The Morgan fingerprint density at radius 2 is 1.80 bits per heavy atom. The Kier molecular flexibility index (Phi) is 6.16. The van der Waals surface area contributed by atoms with Crippen LogP contribution in [0.5, 0.6) is 0 Å². The Labute approximate surface area is 182 Å². The molecule has 1 fully saturated rings. The molecule has 0 saturated carbocycles. The van der Waals surface area contributed by atoms with Gasteiger partial charge in [0.25, 0.3) is 0 Å². The topological polar surface area (TPSA) is 42.2 Å². The third-order valence-electron chi connectivity index (χ3n) is 5.48. The summed E-state index contributed by atoms with van der Waals surface area (Å²) in [6.07, 6.45) is 9.68. The fraction of sp³-hybridized carbons (Fsp3) is 0.240. The number of aromatic nitrogens is 1. The van der Waals surface area contributed by atoms with E-state index in [0.717, 1.165) is 59.4 Å². The van der Waals surface area contributed by atoms with Crippen LogP contribution in [0.15, 0.2) is 54.9 Å². The molecule has 2 aromatic carbocycles. The number of anilines is 1. The maximum atomic E-state index is 14.2. The number of rotatable bonds is 4. The Morgan fingerprint density at radius 1 is 1.07 bits per heavy atom. The second-order valence-electron chi connectivity index (χ2n) is 7.85. The van der Waals surface area contributed by atoms with E-state index in [4.69, 9.17) is 17.3 Å². The van der Waals surface area contributed by atoms with E-state index < -0.39 is 0 Å². The van der Waals surface area contributed by atoms with Crippen LogP contribution in [0, 0.1) is 12.7 Å². The van der Waals surface area contributed by atoms with Crippen molar-refractivity contribution in [3.05, 3.63) is 82.4 Å². The van der Waals surface area contributed by atoms with Gasteiger partial charge >= 0.3 is 0 Å². The Morgan fingerprint density at radius 3 is 2.50 bits per heavy atom. The molecule has 4 rings (SSSR count). The van der Waals surface area contributed by atoms with Gasteiger partial charge in [0, 0.05) is 47.7 Å². The number of pyridine rings is 1. The first-order valence-electron chi connectivity index (χ1n) is 10.2. The smallest absolute Gasteiger partial charge is 0.124 e. The highest BCUT2D eigenvalue weighted by Crippen LogP contribution is 2.36. The van der Waals surface area contributed by atoms with Gasteiger partial charge in [0.2, 0.25) is 0 Å². The SMILES string of the molecule is Cc1cc(F)cc(-c2cncc(/C=C/c3ccc(Cl)cc3)c2N2CCC(N)CC2)c1. The minimum Gasteiger partial charge on any atom is -0.370 e. The van der Waals surface area contributed by atoms with Crippen LogP contribution < -0.4 is 10.6 Å². The van der Waals surface area contributed by atoms with E-state index in [2.05, 4.69) is 16.0 Å². The first kappa shape index (κ1) is 20.6. The number of nitrogens with two attached hydrogens (primary N) is 1. The standard InChI is InChI=1S/C25H25ClFN3/c1-17-12-20(14-22(27)13-17)24-16-29-15-19(5-2-18-3-6-21(26)7-4-18)25(24)30-10-8-23(28)9-11-30/h2-7,12-16,23H,8-11,28H2,1H3/b5-2+. The van der Waals surface area contributed by atoms with Crippen LogP contribution in [0.1, 0.15) is 29.5 Å². The molecule has 1 aliphatic heterocycles. The Bertz CT molecular complexity index is 1030. The summed E-state index contributed by atoms with van der Waals surface area (Å²) in [5.74, 6) is -0.237. The van der Waals surface area contributed by atoms with Crippen LogP contribution in [-0.4, -0.2) is 24.1 Å². The van der Waals surface area contributed by atoms with Crippen molar-refractivity contribution in [2.45, 2.75) is 25.8 Å². The lowest BCUT2D eigenvalue weighted by Gasteiger charge is -2.34. The number of aryl methyl sites for hydroxylation is 1. The number of nitrogens with zero attached hydrogens (tertiary/aromatic N) is 2. The lowest BCUT2D eigenvalue weighted by Crippen LogP contribution is -2.40. The number of halogens is 2. The van der Waals surface area contributed by atoms with E-state index in [0.29, 0.717) is 5.02 Å². The van der Waals surface area contributed by atoms with Gasteiger partial charge in [0.05, 0.1) is 5.69 Å². The molecule has 0 spiro atoms. The van der Waals surface area contributed by atoms with E-state index >= 15 is 0 Å². The zero-order valence-corrected chi connectivity index (χ0v) is 17.7. The lowest BCUT2D eigenvalue weighted by molar-refractivity contribution is 0.501. The summed E-state index contributed by atoms with van der Waals surface area (Å²) >= 11 is 6.00. The third-order valence-corrected chi connectivity index (χ3v) is 5.73. The van der Waals surface area contributed by atoms with Crippen molar-refractivity contribution in [2.24, 2.45) is 5.73 Å². The molecule has 0 bridgehead atoms. The van der Waals surface area contributed by atoms with Crippen LogP contribution in [0.25, 0.3) is 23.3 Å². The predicted molar refractivity (Wildman–Crippen MR) is 124 cm³/mol. The third kappa shape index (κ3) is 4.72. The summed E-state index contributed by atoms with van der Waals surface area (Å²) in [5, 5.41) is 0.711. The second kappa shape index (κ2) is 8.99. The maximum Gasteiger partial charge on any atom is 0.124 e. The van der Waals surface area contributed by atoms with Crippen molar-refractivity contribution in [1.82, 2.24) is 4.98 Å². The molecule has 3 aromatic rings. The van der Waals surface area contributed by atoms with Crippen molar-refractivity contribution in [3.8, 4) is 11.1 Å². The van der Waals surface area contributed by atoms with Gasteiger partial charge < -0.3 is 10.6 Å². The number of piperidine rings is 1. The molecule has 1 saturated heterocycles. The van der Waals surface area contributed by atoms with Crippen LogP contribution >= 0.6 is 11.6 Å². The molecule has 5 heteroatoms. The normalized spacial score (nSPS) is 15.1. The van der Waals surface area contributed by atoms with E-state index in [1.54, 1.807) is 12.1 Å². The Hall–Kier alpha value is -2.69. The molecular weight excluding hydrogens is 397 g/mol. The highest BCUT2D eigenvalue weighted by atomic mass is 35.5. The molecule has 0 radical (unpaired) electrons. The van der Waals surface area contributed by atoms with Crippen LogP contribution in [0.4, 0.5) is 10.1 Å². The summed E-state index contributed by atoms with van der Waals surface area (Å²) < 4.78 is 14.2. The van der Waals surface area contributed by atoms with Crippen LogP contribution in [-0.2, 0) is 0 Å². The van der Waals surface area contributed by atoms with E-state index in [9.17, 15) is 4.39 Å². The molecule has 0 aliphatic carbocycles. The second-order valence-corrected chi connectivity index (χ2v) is 8.29. The van der Waals surface area contributed by atoms with Gasteiger partial charge in [-0.1, -0.05) is 42.0 Å². The zero-order chi connectivity index (χ0) is 21.1. The molecule has 1 aromatic heterocycles. The minimum absolute atomic E-state index is 0.232. The molecular formula is C25H25ClFN3. The van der Waals surface area contributed by atoms with Gasteiger partial charge in [-0.05, 0) is 60.7 Å². The number of hydrogen-bond donors (Lipinski definition) is 1. The molecule has 0 amide bonds. The highest BCUT2D eigenvalue weighted by molar-refractivity contribution is 6.30. The molecule has 1 aliphatic rings. The van der Waals surface area contributed by atoms with Crippen LogP contribution in [0.2, 0.25) is 5.02 Å². The van der Waals surface area contributed by atoms with Gasteiger partial charge in [-0.3, -0.25) is 4.98 Å². The first-order chi connectivity index (χ1) is 14.5. The van der Waals surface area contributed by atoms with Crippen molar-refractivity contribution in [1.29, 1.82) is 0 Å². The molecule has 0 atom stereocenters. The lowest BCUT2D eigenvalue weighted by atomic mass is 9.97. The summed E-state index contributed by atoms with van der Waals surface area (Å²) in [6, 6.07) is 13.1. The fourth-order valence-corrected chi connectivity index (χ4v) is 4.06. The summed E-state index contributed by atoms with van der Waals surface area (Å²) in [4.78, 5) is 6.82. The quantitative estimate of drug-likeness (QED) is 0.566.